The Balaban J connectivity index is 0.000000322. The molecule has 1 aliphatic carbocycles. The van der Waals surface area contributed by atoms with E-state index in [2.05, 4.69) is 22.3 Å². The van der Waals surface area contributed by atoms with E-state index in [0.717, 1.165) is 12.8 Å². The van der Waals surface area contributed by atoms with Crippen LogP contribution in [0.1, 0.15) is 45.4 Å². The average Bonchev–Trinajstić information content (AvgIpc) is 2.71. The lowest BCUT2D eigenvalue weighted by Gasteiger charge is -2.00. The van der Waals surface area contributed by atoms with E-state index < -0.39 is 0 Å². The summed E-state index contributed by atoms with van der Waals surface area (Å²) in [6, 6.07) is 0. The lowest BCUT2D eigenvalue weighted by atomic mass is 10.1. The Hall–Kier alpha value is -1.05. The summed E-state index contributed by atoms with van der Waals surface area (Å²) in [5, 5.41) is 6.85. The molecule has 13 heavy (non-hydrogen) atoms. The van der Waals surface area contributed by atoms with Crippen LogP contribution in [0.4, 0.5) is 0 Å². The van der Waals surface area contributed by atoms with Gasteiger partial charge in [0.15, 0.2) is 0 Å². The Kier molecular flexibility index (Phi) is 6.98. The Morgan fingerprint density at radius 3 is 2.54 bits per heavy atom. The molecule has 0 saturated heterocycles. The van der Waals surface area contributed by atoms with Gasteiger partial charge in [-0.2, -0.15) is 5.10 Å². The second-order valence-electron chi connectivity index (χ2n) is 2.25. The Morgan fingerprint density at radius 2 is 1.92 bits per heavy atom. The minimum absolute atomic E-state index is 1.14. The summed E-state index contributed by atoms with van der Waals surface area (Å²) in [6.07, 6.45) is 8.46. The average molecular weight is 180 g/mol. The molecule has 0 aromatic carbocycles. The molecule has 0 spiro atoms. The first kappa shape index (κ1) is 11.9. The molecule has 2 nitrogen and oxygen atoms in total. The molecular weight excluding hydrogens is 160 g/mol. The van der Waals surface area contributed by atoms with Crippen molar-refractivity contribution in [2.45, 2.75) is 40.5 Å². The maximum atomic E-state index is 3.93. The topological polar surface area (TPSA) is 28.7 Å². The molecular formula is C11H20N2. The summed E-state index contributed by atoms with van der Waals surface area (Å²) in [6.45, 7) is 8.00. The monoisotopic (exact) mass is 180 g/mol. The smallest absolute Gasteiger partial charge is 0.0606 e. The third-order valence-corrected chi connectivity index (χ3v) is 1.62. The summed E-state index contributed by atoms with van der Waals surface area (Å²) < 4.78 is 0. The second kappa shape index (κ2) is 7.59. The van der Waals surface area contributed by atoms with Gasteiger partial charge < -0.3 is 0 Å². The van der Waals surface area contributed by atoms with Gasteiger partial charge in [-0.1, -0.05) is 33.8 Å². The predicted molar refractivity (Wildman–Crippen MR) is 58.6 cm³/mol. The summed E-state index contributed by atoms with van der Waals surface area (Å²) in [4.78, 5) is 0. The zero-order chi connectivity index (χ0) is 10.1. The van der Waals surface area contributed by atoms with E-state index in [-0.39, 0.29) is 0 Å². The van der Waals surface area contributed by atoms with Crippen LogP contribution in [0.15, 0.2) is 12.3 Å². The molecule has 0 unspecified atom stereocenters. The van der Waals surface area contributed by atoms with Crippen LogP contribution in [0.3, 0.4) is 0 Å². The van der Waals surface area contributed by atoms with Crippen molar-refractivity contribution in [2.75, 3.05) is 0 Å². The van der Waals surface area contributed by atoms with Gasteiger partial charge in [0.25, 0.3) is 0 Å². The van der Waals surface area contributed by atoms with E-state index in [1.54, 1.807) is 0 Å². The number of rotatable bonds is 0. The molecule has 2 heteroatoms. The fraction of sp³-hybridized carbons (Fsp3) is 0.545. The third kappa shape index (κ3) is 3.45. The van der Waals surface area contributed by atoms with Gasteiger partial charge in [0.1, 0.15) is 0 Å². The SMILES string of the molecule is C1=Cc2[nH]ncc2CC1.CC.CC. The summed E-state index contributed by atoms with van der Waals surface area (Å²) in [7, 11) is 0. The van der Waals surface area contributed by atoms with Crippen molar-refractivity contribution in [3.8, 4) is 0 Å². The van der Waals surface area contributed by atoms with Crippen molar-refractivity contribution in [1.82, 2.24) is 10.2 Å². The van der Waals surface area contributed by atoms with Crippen LogP contribution in [0.5, 0.6) is 0 Å². The van der Waals surface area contributed by atoms with E-state index in [4.69, 9.17) is 0 Å². The number of hydrogen-bond acceptors (Lipinski definition) is 1. The third-order valence-electron chi connectivity index (χ3n) is 1.62. The number of aromatic amines is 1. The lowest BCUT2D eigenvalue weighted by molar-refractivity contribution is 0.985. The molecule has 1 N–H and O–H groups in total. The molecule has 0 saturated carbocycles. The number of hydrogen-bond donors (Lipinski definition) is 1. The van der Waals surface area contributed by atoms with E-state index in [9.17, 15) is 0 Å². The number of nitrogens with zero attached hydrogens (tertiary/aromatic N) is 1. The van der Waals surface area contributed by atoms with Gasteiger partial charge in [-0.05, 0) is 24.5 Å². The van der Waals surface area contributed by atoms with Crippen LogP contribution in [-0.2, 0) is 6.42 Å². The Morgan fingerprint density at radius 1 is 1.23 bits per heavy atom. The molecule has 1 aromatic rings. The number of aryl methyl sites for hydroxylation is 1. The highest BCUT2D eigenvalue weighted by Gasteiger charge is 2.03. The fourth-order valence-electron chi connectivity index (χ4n) is 1.10. The highest BCUT2D eigenvalue weighted by molar-refractivity contribution is 5.50. The Labute approximate surface area is 81.1 Å². The maximum absolute atomic E-state index is 3.93. The first-order valence-electron chi connectivity index (χ1n) is 5.15. The van der Waals surface area contributed by atoms with Crippen LogP contribution in [0.25, 0.3) is 6.08 Å². The van der Waals surface area contributed by atoms with Crippen molar-refractivity contribution in [3.63, 3.8) is 0 Å². The zero-order valence-electron chi connectivity index (χ0n) is 9.09. The molecule has 0 atom stereocenters. The molecule has 1 heterocycles. The van der Waals surface area contributed by atoms with Gasteiger partial charge in [0.05, 0.1) is 11.9 Å². The Bertz CT molecular complexity index is 236. The predicted octanol–water partition coefficient (Wildman–Crippen LogP) is 3.42. The maximum Gasteiger partial charge on any atom is 0.0606 e. The normalized spacial score (nSPS) is 11.7. The molecule has 0 radical (unpaired) electrons. The van der Waals surface area contributed by atoms with Crippen molar-refractivity contribution in [3.05, 3.63) is 23.5 Å². The number of nitrogens with one attached hydrogen (secondary N) is 1. The minimum Gasteiger partial charge on any atom is -0.278 e. The zero-order valence-corrected chi connectivity index (χ0v) is 9.09. The number of aromatic nitrogens is 2. The van der Waals surface area contributed by atoms with Gasteiger partial charge in [0, 0.05) is 0 Å². The summed E-state index contributed by atoms with van der Waals surface area (Å²) in [5.74, 6) is 0. The van der Waals surface area contributed by atoms with Crippen molar-refractivity contribution in [2.24, 2.45) is 0 Å². The summed E-state index contributed by atoms with van der Waals surface area (Å²) in [5.41, 5.74) is 2.53. The molecule has 1 aliphatic rings. The molecule has 0 amide bonds. The van der Waals surface area contributed by atoms with Gasteiger partial charge in [0.2, 0.25) is 0 Å². The van der Waals surface area contributed by atoms with Crippen molar-refractivity contribution < 1.29 is 0 Å². The highest BCUT2D eigenvalue weighted by atomic mass is 15.1. The van der Waals surface area contributed by atoms with Crippen molar-refractivity contribution in [1.29, 1.82) is 0 Å². The van der Waals surface area contributed by atoms with E-state index in [0.29, 0.717) is 0 Å². The highest BCUT2D eigenvalue weighted by Crippen LogP contribution is 2.14. The van der Waals surface area contributed by atoms with Crippen molar-refractivity contribution >= 4 is 6.08 Å². The van der Waals surface area contributed by atoms with Gasteiger partial charge >= 0.3 is 0 Å². The molecule has 0 bridgehead atoms. The number of allylic oxidation sites excluding steroid dienone is 1. The van der Waals surface area contributed by atoms with E-state index in [1.807, 2.05) is 33.9 Å². The minimum atomic E-state index is 1.14. The van der Waals surface area contributed by atoms with E-state index >= 15 is 0 Å². The van der Waals surface area contributed by atoms with Gasteiger partial charge in [-0.25, -0.2) is 0 Å². The van der Waals surface area contributed by atoms with Gasteiger partial charge in [-0.3, -0.25) is 5.10 Å². The van der Waals surface area contributed by atoms with Crippen LogP contribution < -0.4 is 0 Å². The van der Waals surface area contributed by atoms with Crippen LogP contribution in [-0.4, -0.2) is 10.2 Å². The van der Waals surface area contributed by atoms with Crippen LogP contribution in [0.2, 0.25) is 0 Å². The van der Waals surface area contributed by atoms with Crippen LogP contribution >= 0.6 is 0 Å². The van der Waals surface area contributed by atoms with E-state index in [1.165, 1.54) is 11.3 Å². The molecule has 74 valence electrons. The quantitative estimate of drug-likeness (QED) is 0.651. The number of H-pyrrole nitrogens is 1. The molecule has 0 fully saturated rings. The first-order chi connectivity index (χ1) is 6.47. The standard InChI is InChI=1S/C7H8N2.2C2H6/c1-2-4-7-6(3-1)5-8-9-7;2*1-2/h2,4-5H,1,3H2,(H,8,9);2*1-2H3. The molecule has 2 rings (SSSR count). The largest absolute Gasteiger partial charge is 0.278 e. The molecule has 1 aromatic heterocycles. The molecule has 0 aliphatic heterocycles. The second-order valence-corrected chi connectivity index (χ2v) is 2.25. The lowest BCUT2D eigenvalue weighted by Crippen LogP contribution is -1.88. The fourth-order valence-corrected chi connectivity index (χ4v) is 1.10. The first-order valence-corrected chi connectivity index (χ1v) is 5.15. The van der Waals surface area contributed by atoms with Gasteiger partial charge in [-0.15, -0.1) is 0 Å². The summed E-state index contributed by atoms with van der Waals surface area (Å²) >= 11 is 0. The number of fused-ring (bicyclic) bond motifs is 1. The van der Waals surface area contributed by atoms with Crippen LogP contribution in [0, 0.1) is 0 Å².